The van der Waals surface area contributed by atoms with Crippen LogP contribution in [-0.4, -0.2) is 5.11 Å². The molecule has 0 spiro atoms. The van der Waals surface area contributed by atoms with Crippen LogP contribution in [0.2, 0.25) is 0 Å². The smallest absolute Gasteiger partial charge is 0.120 e. The number of aromatic hydroxyl groups is 1. The average molecular weight is 228 g/mol. The van der Waals surface area contributed by atoms with Crippen LogP contribution < -0.4 is 4.74 Å². The van der Waals surface area contributed by atoms with Crippen molar-refractivity contribution in [1.29, 1.82) is 0 Å². The lowest BCUT2D eigenvalue weighted by molar-refractivity contribution is 0.304. The van der Waals surface area contributed by atoms with E-state index in [1.807, 2.05) is 12.1 Å². The number of hydrogen-bond acceptors (Lipinski definition) is 2. The molecule has 0 saturated carbocycles. The van der Waals surface area contributed by atoms with Crippen molar-refractivity contribution >= 4 is 0 Å². The van der Waals surface area contributed by atoms with E-state index >= 15 is 0 Å². The van der Waals surface area contributed by atoms with Gasteiger partial charge in [-0.2, -0.15) is 0 Å². The molecule has 0 unspecified atom stereocenters. The normalized spacial score (nSPS) is 10.2. The molecular weight excluding hydrogens is 212 g/mol. The molecule has 0 heterocycles. The fourth-order valence-electron chi connectivity index (χ4n) is 1.75. The third kappa shape index (κ3) is 3.00. The maximum Gasteiger partial charge on any atom is 0.120 e. The number of ether oxygens (including phenoxy) is 1. The number of phenols is 1. The van der Waals surface area contributed by atoms with Gasteiger partial charge in [0.15, 0.2) is 0 Å². The molecule has 2 heteroatoms. The molecule has 2 nitrogen and oxygen atoms in total. The number of rotatable bonds is 4. The van der Waals surface area contributed by atoms with Crippen molar-refractivity contribution in [2.24, 2.45) is 0 Å². The van der Waals surface area contributed by atoms with E-state index in [2.05, 4.69) is 19.1 Å². The molecule has 0 bridgehead atoms. The van der Waals surface area contributed by atoms with Gasteiger partial charge in [0.25, 0.3) is 0 Å². The van der Waals surface area contributed by atoms with E-state index in [0.717, 1.165) is 12.2 Å². The second-order valence-electron chi connectivity index (χ2n) is 3.90. The third-order valence-corrected chi connectivity index (χ3v) is 2.73. The van der Waals surface area contributed by atoms with Crippen molar-refractivity contribution in [2.75, 3.05) is 0 Å². The summed E-state index contributed by atoms with van der Waals surface area (Å²) in [6.45, 7) is 2.70. The largest absolute Gasteiger partial charge is 0.508 e. The number of benzene rings is 2. The Kier molecular flexibility index (Phi) is 3.66. The molecule has 0 fully saturated rings. The van der Waals surface area contributed by atoms with Crippen LogP contribution in [0.3, 0.4) is 0 Å². The third-order valence-electron chi connectivity index (χ3n) is 2.73. The zero-order chi connectivity index (χ0) is 12.1. The van der Waals surface area contributed by atoms with Crippen LogP contribution in [0.25, 0.3) is 0 Å². The number of aryl methyl sites for hydroxylation is 1. The highest BCUT2D eigenvalue weighted by atomic mass is 16.5. The van der Waals surface area contributed by atoms with Crippen LogP contribution in [0.15, 0.2) is 48.5 Å². The first-order chi connectivity index (χ1) is 8.29. The Morgan fingerprint density at radius 1 is 0.941 bits per heavy atom. The molecule has 0 aliphatic carbocycles. The molecule has 2 aromatic rings. The second-order valence-corrected chi connectivity index (χ2v) is 3.90. The van der Waals surface area contributed by atoms with Crippen molar-refractivity contribution in [2.45, 2.75) is 20.0 Å². The Balaban J connectivity index is 2.04. The Hall–Kier alpha value is -1.96. The van der Waals surface area contributed by atoms with Crippen molar-refractivity contribution in [1.82, 2.24) is 0 Å². The summed E-state index contributed by atoms with van der Waals surface area (Å²) in [6, 6.07) is 15.1. The maximum absolute atomic E-state index is 9.17. The molecule has 88 valence electrons. The van der Waals surface area contributed by atoms with Gasteiger partial charge in [-0.25, -0.2) is 0 Å². The van der Waals surface area contributed by atoms with Gasteiger partial charge in [-0.3, -0.25) is 0 Å². The first kappa shape index (κ1) is 11.5. The van der Waals surface area contributed by atoms with Crippen LogP contribution in [0.5, 0.6) is 11.5 Å². The van der Waals surface area contributed by atoms with Crippen LogP contribution in [0.4, 0.5) is 0 Å². The van der Waals surface area contributed by atoms with E-state index in [9.17, 15) is 0 Å². The van der Waals surface area contributed by atoms with Gasteiger partial charge in [-0.15, -0.1) is 0 Å². The quantitative estimate of drug-likeness (QED) is 0.867. The highest BCUT2D eigenvalue weighted by Gasteiger charge is 2.00. The Morgan fingerprint density at radius 2 is 1.59 bits per heavy atom. The number of phenolic OH excluding ortho intramolecular Hbond substituents is 1. The van der Waals surface area contributed by atoms with E-state index in [-0.39, 0.29) is 5.75 Å². The highest BCUT2D eigenvalue weighted by Crippen LogP contribution is 2.18. The standard InChI is InChI=1S/C15H16O2/c1-2-12-5-3-4-6-13(12)11-17-15-9-7-14(16)8-10-15/h3-10,16H,2,11H2,1H3. The molecular formula is C15H16O2. The summed E-state index contributed by atoms with van der Waals surface area (Å²) in [5, 5.41) is 9.17. The predicted molar refractivity (Wildman–Crippen MR) is 68.3 cm³/mol. The Morgan fingerprint density at radius 3 is 2.24 bits per heavy atom. The monoisotopic (exact) mass is 228 g/mol. The average Bonchev–Trinajstić information content (AvgIpc) is 2.38. The Labute approximate surface area is 101 Å². The van der Waals surface area contributed by atoms with E-state index in [1.165, 1.54) is 11.1 Å². The van der Waals surface area contributed by atoms with Gasteiger partial charge < -0.3 is 9.84 Å². The van der Waals surface area contributed by atoms with E-state index < -0.39 is 0 Å². The zero-order valence-electron chi connectivity index (χ0n) is 9.89. The van der Waals surface area contributed by atoms with Gasteiger partial charge in [0.2, 0.25) is 0 Å². The lowest BCUT2D eigenvalue weighted by Crippen LogP contribution is -1.99. The molecule has 0 radical (unpaired) electrons. The SMILES string of the molecule is CCc1ccccc1COc1ccc(O)cc1. The summed E-state index contributed by atoms with van der Waals surface area (Å²) >= 11 is 0. The summed E-state index contributed by atoms with van der Waals surface area (Å²) in [4.78, 5) is 0. The van der Waals surface area contributed by atoms with Crippen LogP contribution in [0.1, 0.15) is 18.1 Å². The topological polar surface area (TPSA) is 29.5 Å². The number of hydrogen-bond donors (Lipinski definition) is 1. The maximum atomic E-state index is 9.17. The van der Waals surface area contributed by atoms with Crippen LogP contribution in [0, 0.1) is 0 Å². The minimum Gasteiger partial charge on any atom is -0.508 e. The van der Waals surface area contributed by atoms with Gasteiger partial charge >= 0.3 is 0 Å². The fraction of sp³-hybridized carbons (Fsp3) is 0.200. The van der Waals surface area contributed by atoms with E-state index in [1.54, 1.807) is 24.3 Å². The molecule has 2 rings (SSSR count). The summed E-state index contributed by atoms with van der Waals surface area (Å²) < 4.78 is 5.68. The fourth-order valence-corrected chi connectivity index (χ4v) is 1.75. The summed E-state index contributed by atoms with van der Waals surface area (Å²) in [6.07, 6.45) is 1.01. The highest BCUT2D eigenvalue weighted by molar-refractivity contribution is 5.31. The molecule has 0 saturated heterocycles. The van der Waals surface area contributed by atoms with Gasteiger partial charge in [0.1, 0.15) is 18.1 Å². The van der Waals surface area contributed by atoms with Gasteiger partial charge in [-0.1, -0.05) is 31.2 Å². The van der Waals surface area contributed by atoms with Crippen molar-refractivity contribution in [3.05, 3.63) is 59.7 Å². The minimum atomic E-state index is 0.256. The second kappa shape index (κ2) is 5.39. The first-order valence-corrected chi connectivity index (χ1v) is 5.78. The van der Waals surface area contributed by atoms with Crippen molar-refractivity contribution < 1.29 is 9.84 Å². The Bertz CT molecular complexity index is 475. The molecule has 17 heavy (non-hydrogen) atoms. The minimum absolute atomic E-state index is 0.256. The van der Waals surface area contributed by atoms with E-state index in [4.69, 9.17) is 9.84 Å². The molecule has 0 amide bonds. The van der Waals surface area contributed by atoms with Gasteiger partial charge in [0, 0.05) is 0 Å². The first-order valence-electron chi connectivity index (χ1n) is 5.78. The lowest BCUT2D eigenvalue weighted by Gasteiger charge is -2.09. The molecule has 0 aliphatic heterocycles. The molecule has 0 aromatic heterocycles. The van der Waals surface area contributed by atoms with Gasteiger partial charge in [0.05, 0.1) is 0 Å². The zero-order valence-corrected chi connectivity index (χ0v) is 9.89. The lowest BCUT2D eigenvalue weighted by atomic mass is 10.1. The van der Waals surface area contributed by atoms with Crippen LogP contribution >= 0.6 is 0 Å². The molecule has 0 atom stereocenters. The van der Waals surface area contributed by atoms with E-state index in [0.29, 0.717) is 6.61 Å². The predicted octanol–water partition coefficient (Wildman–Crippen LogP) is 3.53. The molecule has 2 aromatic carbocycles. The van der Waals surface area contributed by atoms with Gasteiger partial charge in [-0.05, 0) is 41.8 Å². The van der Waals surface area contributed by atoms with Crippen LogP contribution in [-0.2, 0) is 13.0 Å². The summed E-state index contributed by atoms with van der Waals surface area (Å²) in [5.41, 5.74) is 2.52. The summed E-state index contributed by atoms with van der Waals surface area (Å²) in [5.74, 6) is 1.03. The van der Waals surface area contributed by atoms with Crippen molar-refractivity contribution in [3.8, 4) is 11.5 Å². The molecule has 0 aliphatic rings. The van der Waals surface area contributed by atoms with Crippen molar-refractivity contribution in [3.63, 3.8) is 0 Å². The summed E-state index contributed by atoms with van der Waals surface area (Å²) in [7, 11) is 0. The molecule has 1 N–H and O–H groups in total.